The highest BCUT2D eigenvalue weighted by Crippen LogP contribution is 2.21. The van der Waals surface area contributed by atoms with Gasteiger partial charge in [0.15, 0.2) is 0 Å². The lowest BCUT2D eigenvalue weighted by molar-refractivity contribution is 0.0784. The molecule has 0 unspecified atom stereocenters. The molecule has 18 heavy (non-hydrogen) atoms. The van der Waals surface area contributed by atoms with Gasteiger partial charge in [0.05, 0.1) is 18.2 Å². The Hall–Kier alpha value is -2.43. The second kappa shape index (κ2) is 4.83. The Morgan fingerprint density at radius 2 is 2.22 bits per heavy atom. The average molecular weight is 246 g/mol. The lowest BCUT2D eigenvalue weighted by Gasteiger charge is -2.16. The van der Waals surface area contributed by atoms with E-state index in [2.05, 4.69) is 0 Å². The number of benzene rings is 1. The average Bonchev–Trinajstić information content (AvgIpc) is 2.84. The molecule has 0 spiro atoms. The van der Waals surface area contributed by atoms with Crippen LogP contribution in [0.4, 0.5) is 5.69 Å². The first-order valence-electron chi connectivity index (χ1n) is 5.43. The van der Waals surface area contributed by atoms with Crippen molar-refractivity contribution >= 4 is 11.6 Å². The molecule has 1 amide bonds. The maximum Gasteiger partial charge on any atom is 0.254 e. The van der Waals surface area contributed by atoms with Gasteiger partial charge in [-0.25, -0.2) is 0 Å². The highest BCUT2D eigenvalue weighted by atomic mass is 16.3. The molecule has 94 valence electrons. The highest BCUT2D eigenvalue weighted by Gasteiger charge is 2.13. The normalized spacial score (nSPS) is 10.3. The summed E-state index contributed by atoms with van der Waals surface area (Å²) in [4.78, 5) is 13.6. The summed E-state index contributed by atoms with van der Waals surface area (Å²) in [6, 6.07) is 6.26. The van der Waals surface area contributed by atoms with Crippen LogP contribution < -0.4 is 5.73 Å². The fourth-order valence-electron chi connectivity index (χ4n) is 1.63. The molecule has 0 aliphatic rings. The Labute approximate surface area is 104 Å². The van der Waals surface area contributed by atoms with Gasteiger partial charge in [-0.2, -0.15) is 0 Å². The zero-order valence-electron chi connectivity index (χ0n) is 9.96. The van der Waals surface area contributed by atoms with E-state index in [1.807, 2.05) is 0 Å². The van der Waals surface area contributed by atoms with E-state index in [9.17, 15) is 9.90 Å². The summed E-state index contributed by atoms with van der Waals surface area (Å²) in [6.45, 7) is 0.445. The third-order valence-corrected chi connectivity index (χ3v) is 2.62. The zero-order chi connectivity index (χ0) is 13.1. The number of phenolic OH excluding ortho intramolecular Hbond substituents is 1. The maximum absolute atomic E-state index is 12.1. The lowest BCUT2D eigenvalue weighted by Crippen LogP contribution is -2.25. The van der Waals surface area contributed by atoms with Gasteiger partial charge in [0.2, 0.25) is 0 Å². The minimum Gasteiger partial charge on any atom is -0.506 e. The van der Waals surface area contributed by atoms with Crippen molar-refractivity contribution < 1.29 is 14.3 Å². The number of carbonyl (C=O) groups is 1. The van der Waals surface area contributed by atoms with E-state index in [-0.39, 0.29) is 17.3 Å². The van der Waals surface area contributed by atoms with Crippen LogP contribution in [0.1, 0.15) is 15.9 Å². The van der Waals surface area contributed by atoms with Crippen LogP contribution in [0.3, 0.4) is 0 Å². The summed E-state index contributed by atoms with van der Waals surface area (Å²) in [7, 11) is 1.68. The number of aromatic hydroxyl groups is 1. The fourth-order valence-corrected chi connectivity index (χ4v) is 1.63. The molecule has 0 aliphatic heterocycles. The van der Waals surface area contributed by atoms with Gasteiger partial charge in [-0.3, -0.25) is 4.79 Å². The van der Waals surface area contributed by atoms with Crippen molar-refractivity contribution in [3.8, 4) is 5.75 Å². The third kappa shape index (κ3) is 2.45. The van der Waals surface area contributed by atoms with Gasteiger partial charge in [0.25, 0.3) is 5.91 Å². The minimum atomic E-state index is -0.188. The van der Waals surface area contributed by atoms with Crippen molar-refractivity contribution in [1.29, 1.82) is 0 Å². The molecule has 3 N–H and O–H groups in total. The first-order valence-corrected chi connectivity index (χ1v) is 5.43. The predicted molar refractivity (Wildman–Crippen MR) is 67.0 cm³/mol. The van der Waals surface area contributed by atoms with Gasteiger partial charge < -0.3 is 20.2 Å². The Kier molecular flexibility index (Phi) is 3.23. The van der Waals surface area contributed by atoms with Gasteiger partial charge >= 0.3 is 0 Å². The number of nitrogen functional groups attached to an aromatic ring is 1. The SMILES string of the molecule is CN(Cc1ccoc1)C(=O)c1ccc(N)c(O)c1. The number of nitrogens with two attached hydrogens (primary N) is 1. The monoisotopic (exact) mass is 246 g/mol. The number of hydrogen-bond donors (Lipinski definition) is 2. The molecule has 1 heterocycles. The van der Waals surface area contributed by atoms with E-state index in [0.717, 1.165) is 5.56 Å². The van der Waals surface area contributed by atoms with Crippen molar-refractivity contribution in [2.45, 2.75) is 6.54 Å². The molecule has 2 aromatic rings. The maximum atomic E-state index is 12.1. The molecule has 0 saturated carbocycles. The van der Waals surface area contributed by atoms with Crippen LogP contribution in [0.15, 0.2) is 41.2 Å². The molecule has 5 nitrogen and oxygen atoms in total. The van der Waals surface area contributed by atoms with E-state index in [0.29, 0.717) is 12.1 Å². The molecular formula is C13H14N2O3. The summed E-state index contributed by atoms with van der Waals surface area (Å²) in [5, 5.41) is 9.48. The molecule has 0 aliphatic carbocycles. The number of anilines is 1. The molecule has 0 fully saturated rings. The summed E-state index contributed by atoms with van der Waals surface area (Å²) in [6.07, 6.45) is 3.15. The first kappa shape index (κ1) is 12.0. The number of carbonyl (C=O) groups excluding carboxylic acids is 1. The van der Waals surface area contributed by atoms with Gasteiger partial charge in [-0.05, 0) is 24.3 Å². The molecule has 1 aromatic carbocycles. The summed E-state index contributed by atoms with van der Waals surface area (Å²) < 4.78 is 4.94. The Balaban J connectivity index is 2.12. The molecule has 0 atom stereocenters. The topological polar surface area (TPSA) is 79.7 Å². The number of hydrogen-bond acceptors (Lipinski definition) is 4. The quantitative estimate of drug-likeness (QED) is 0.639. The molecule has 0 bridgehead atoms. The van der Waals surface area contributed by atoms with Crippen molar-refractivity contribution in [2.24, 2.45) is 0 Å². The summed E-state index contributed by atoms with van der Waals surface area (Å²) in [5.74, 6) is -0.274. The van der Waals surface area contributed by atoms with Gasteiger partial charge in [-0.15, -0.1) is 0 Å². The third-order valence-electron chi connectivity index (χ3n) is 2.62. The number of nitrogens with zero attached hydrogens (tertiary/aromatic N) is 1. The second-order valence-corrected chi connectivity index (χ2v) is 4.07. The van der Waals surface area contributed by atoms with E-state index in [1.54, 1.807) is 31.7 Å². The number of phenols is 1. The van der Waals surface area contributed by atoms with Gasteiger partial charge in [0.1, 0.15) is 5.75 Å². The molecular weight excluding hydrogens is 232 g/mol. The van der Waals surface area contributed by atoms with Crippen LogP contribution in [0, 0.1) is 0 Å². The van der Waals surface area contributed by atoms with Crippen LogP contribution in [-0.2, 0) is 6.54 Å². The largest absolute Gasteiger partial charge is 0.506 e. The number of rotatable bonds is 3. The van der Waals surface area contributed by atoms with Gasteiger partial charge in [0, 0.05) is 24.7 Å². The Bertz CT molecular complexity index is 549. The van der Waals surface area contributed by atoms with Crippen molar-refractivity contribution in [3.63, 3.8) is 0 Å². The predicted octanol–water partition coefficient (Wildman–Crippen LogP) is 1.84. The van der Waals surface area contributed by atoms with Crippen molar-refractivity contribution in [1.82, 2.24) is 4.90 Å². The highest BCUT2D eigenvalue weighted by molar-refractivity contribution is 5.95. The molecule has 2 rings (SSSR count). The molecule has 1 aromatic heterocycles. The standard InChI is InChI=1S/C13H14N2O3/c1-15(7-9-4-5-18-8-9)13(17)10-2-3-11(14)12(16)6-10/h2-6,8,16H,7,14H2,1H3. The second-order valence-electron chi connectivity index (χ2n) is 4.07. The smallest absolute Gasteiger partial charge is 0.254 e. The molecule has 0 saturated heterocycles. The van der Waals surface area contributed by atoms with E-state index in [4.69, 9.17) is 10.2 Å². The van der Waals surface area contributed by atoms with Gasteiger partial charge in [-0.1, -0.05) is 0 Å². The van der Waals surface area contributed by atoms with E-state index in [1.165, 1.54) is 17.0 Å². The molecule has 5 heteroatoms. The van der Waals surface area contributed by atoms with Crippen LogP contribution >= 0.6 is 0 Å². The number of furan rings is 1. The summed E-state index contributed by atoms with van der Waals surface area (Å²) >= 11 is 0. The van der Waals surface area contributed by atoms with Crippen LogP contribution in [0.5, 0.6) is 5.75 Å². The molecule has 0 radical (unpaired) electrons. The summed E-state index contributed by atoms with van der Waals surface area (Å²) in [5.41, 5.74) is 7.04. The zero-order valence-corrected chi connectivity index (χ0v) is 9.96. The van der Waals surface area contributed by atoms with Crippen LogP contribution in [0.25, 0.3) is 0 Å². The Morgan fingerprint density at radius 3 is 2.83 bits per heavy atom. The van der Waals surface area contributed by atoms with Crippen molar-refractivity contribution in [3.05, 3.63) is 47.9 Å². The number of amides is 1. The minimum absolute atomic E-state index is 0.0856. The van der Waals surface area contributed by atoms with E-state index >= 15 is 0 Å². The first-order chi connectivity index (χ1) is 8.58. The van der Waals surface area contributed by atoms with E-state index < -0.39 is 0 Å². The van der Waals surface area contributed by atoms with Crippen LogP contribution in [-0.4, -0.2) is 23.0 Å². The van der Waals surface area contributed by atoms with Crippen LogP contribution in [0.2, 0.25) is 0 Å². The van der Waals surface area contributed by atoms with Crippen molar-refractivity contribution in [2.75, 3.05) is 12.8 Å². The fraction of sp³-hybridized carbons (Fsp3) is 0.154. The lowest BCUT2D eigenvalue weighted by atomic mass is 10.1. The Morgan fingerprint density at radius 1 is 1.44 bits per heavy atom.